The molecular weight excluding hydrogens is 314 g/mol. The van der Waals surface area contributed by atoms with Crippen LogP contribution >= 0.6 is 0 Å². The molecule has 0 unspecified atom stereocenters. The third-order valence-electron chi connectivity index (χ3n) is 3.59. The van der Waals surface area contributed by atoms with E-state index in [9.17, 15) is 4.79 Å². The lowest BCUT2D eigenvalue weighted by atomic mass is 10.1. The first-order chi connectivity index (χ1) is 12.3. The van der Waals surface area contributed by atoms with Crippen molar-refractivity contribution in [3.63, 3.8) is 0 Å². The SMILES string of the molecule is C=CCOc1cccc(NC(=O)COc2cccc3ccccc23)c1. The average Bonchev–Trinajstić information content (AvgIpc) is 2.65. The second kappa shape index (κ2) is 8.02. The molecule has 0 heterocycles. The van der Waals surface area contributed by atoms with Gasteiger partial charge in [0.2, 0.25) is 0 Å². The largest absolute Gasteiger partial charge is 0.489 e. The van der Waals surface area contributed by atoms with Crippen LogP contribution in [0.25, 0.3) is 10.8 Å². The Labute approximate surface area is 146 Å². The van der Waals surface area contributed by atoms with Crippen molar-refractivity contribution in [1.29, 1.82) is 0 Å². The molecule has 1 amide bonds. The topological polar surface area (TPSA) is 47.6 Å². The Bertz CT molecular complexity index is 884. The minimum absolute atomic E-state index is 0.0637. The number of carbonyl (C=O) groups is 1. The summed E-state index contributed by atoms with van der Waals surface area (Å²) < 4.78 is 11.1. The van der Waals surface area contributed by atoms with Crippen LogP contribution in [0.5, 0.6) is 11.5 Å². The van der Waals surface area contributed by atoms with Crippen LogP contribution in [0.4, 0.5) is 5.69 Å². The number of hydrogen-bond acceptors (Lipinski definition) is 3. The molecule has 25 heavy (non-hydrogen) atoms. The molecule has 0 saturated heterocycles. The number of benzene rings is 3. The Balaban J connectivity index is 1.62. The van der Waals surface area contributed by atoms with Crippen LogP contribution in [0.2, 0.25) is 0 Å². The van der Waals surface area contributed by atoms with Crippen molar-refractivity contribution in [3.05, 3.63) is 79.4 Å². The van der Waals surface area contributed by atoms with Crippen molar-refractivity contribution >= 4 is 22.4 Å². The molecule has 3 rings (SSSR count). The maximum absolute atomic E-state index is 12.2. The molecule has 0 bridgehead atoms. The lowest BCUT2D eigenvalue weighted by Crippen LogP contribution is -2.20. The summed E-state index contributed by atoms with van der Waals surface area (Å²) in [6, 6.07) is 20.9. The van der Waals surface area contributed by atoms with Crippen molar-refractivity contribution in [3.8, 4) is 11.5 Å². The van der Waals surface area contributed by atoms with Crippen molar-refractivity contribution in [2.24, 2.45) is 0 Å². The van der Waals surface area contributed by atoms with E-state index in [0.29, 0.717) is 23.8 Å². The molecule has 0 spiro atoms. The molecule has 4 nitrogen and oxygen atoms in total. The third-order valence-corrected chi connectivity index (χ3v) is 3.59. The number of ether oxygens (including phenoxy) is 2. The molecule has 0 radical (unpaired) electrons. The van der Waals surface area contributed by atoms with Crippen molar-refractivity contribution in [2.45, 2.75) is 0 Å². The molecule has 0 fully saturated rings. The van der Waals surface area contributed by atoms with Crippen LogP contribution in [0.1, 0.15) is 0 Å². The molecular formula is C21H19NO3. The van der Waals surface area contributed by atoms with Crippen molar-refractivity contribution in [1.82, 2.24) is 0 Å². The van der Waals surface area contributed by atoms with Crippen LogP contribution in [-0.2, 0) is 4.79 Å². The van der Waals surface area contributed by atoms with Crippen LogP contribution < -0.4 is 14.8 Å². The van der Waals surface area contributed by atoms with Gasteiger partial charge in [0.1, 0.15) is 18.1 Å². The molecule has 0 aliphatic heterocycles. The fourth-order valence-corrected chi connectivity index (χ4v) is 2.48. The van der Waals surface area contributed by atoms with E-state index in [1.807, 2.05) is 54.6 Å². The molecule has 0 aliphatic rings. The van der Waals surface area contributed by atoms with Crippen LogP contribution in [0.15, 0.2) is 79.4 Å². The molecule has 3 aromatic carbocycles. The molecule has 3 aromatic rings. The summed E-state index contributed by atoms with van der Waals surface area (Å²) in [4.78, 5) is 12.2. The first-order valence-electron chi connectivity index (χ1n) is 8.00. The van der Waals surface area contributed by atoms with Crippen molar-refractivity contribution < 1.29 is 14.3 Å². The molecule has 0 saturated carbocycles. The van der Waals surface area contributed by atoms with Crippen LogP contribution in [-0.4, -0.2) is 19.1 Å². The monoisotopic (exact) mass is 333 g/mol. The minimum atomic E-state index is -0.228. The number of rotatable bonds is 7. The van der Waals surface area contributed by atoms with Gasteiger partial charge in [-0.15, -0.1) is 0 Å². The number of hydrogen-bond donors (Lipinski definition) is 1. The highest BCUT2D eigenvalue weighted by Crippen LogP contribution is 2.25. The van der Waals surface area contributed by atoms with Gasteiger partial charge in [-0.3, -0.25) is 4.79 Å². The summed E-state index contributed by atoms with van der Waals surface area (Å²) in [6.45, 7) is 3.96. The molecule has 4 heteroatoms. The van der Waals surface area contributed by atoms with Gasteiger partial charge in [-0.1, -0.05) is 55.1 Å². The standard InChI is InChI=1S/C21H19NO3/c1-2-13-24-18-10-6-9-17(14-18)22-21(23)15-25-20-12-5-8-16-7-3-4-11-19(16)20/h2-12,14H,1,13,15H2,(H,22,23). The first-order valence-corrected chi connectivity index (χ1v) is 8.00. The first kappa shape index (κ1) is 16.6. The van der Waals surface area contributed by atoms with E-state index < -0.39 is 0 Å². The summed E-state index contributed by atoms with van der Waals surface area (Å²) in [5.74, 6) is 1.14. The number of anilines is 1. The lowest BCUT2D eigenvalue weighted by molar-refractivity contribution is -0.118. The third kappa shape index (κ3) is 4.38. The maximum Gasteiger partial charge on any atom is 0.262 e. The lowest BCUT2D eigenvalue weighted by Gasteiger charge is -2.10. The van der Waals surface area contributed by atoms with Gasteiger partial charge < -0.3 is 14.8 Å². The van der Waals surface area contributed by atoms with E-state index in [4.69, 9.17) is 9.47 Å². The molecule has 0 aromatic heterocycles. The molecule has 1 N–H and O–H groups in total. The van der Waals surface area contributed by atoms with Gasteiger partial charge in [-0.25, -0.2) is 0 Å². The Morgan fingerprint density at radius 3 is 2.68 bits per heavy atom. The summed E-state index contributed by atoms with van der Waals surface area (Å²) in [6.07, 6.45) is 1.67. The van der Waals surface area contributed by atoms with E-state index in [0.717, 1.165) is 10.8 Å². The average molecular weight is 333 g/mol. The van der Waals surface area contributed by atoms with Gasteiger partial charge in [-0.05, 0) is 23.6 Å². The van der Waals surface area contributed by atoms with E-state index in [2.05, 4.69) is 11.9 Å². The fourth-order valence-electron chi connectivity index (χ4n) is 2.48. The molecule has 0 aliphatic carbocycles. The normalized spacial score (nSPS) is 10.2. The van der Waals surface area contributed by atoms with E-state index in [1.165, 1.54) is 0 Å². The highest BCUT2D eigenvalue weighted by Gasteiger charge is 2.07. The van der Waals surface area contributed by atoms with Crippen LogP contribution in [0.3, 0.4) is 0 Å². The van der Waals surface area contributed by atoms with Gasteiger partial charge in [0.25, 0.3) is 5.91 Å². The zero-order valence-electron chi connectivity index (χ0n) is 13.8. The van der Waals surface area contributed by atoms with E-state index in [-0.39, 0.29) is 12.5 Å². The Hall–Kier alpha value is -3.27. The summed E-state index contributed by atoms with van der Waals surface area (Å²) in [5.41, 5.74) is 0.660. The highest BCUT2D eigenvalue weighted by atomic mass is 16.5. The van der Waals surface area contributed by atoms with Gasteiger partial charge in [0, 0.05) is 17.1 Å². The minimum Gasteiger partial charge on any atom is -0.489 e. The van der Waals surface area contributed by atoms with Crippen molar-refractivity contribution in [2.75, 3.05) is 18.5 Å². The fraction of sp³-hybridized carbons (Fsp3) is 0.0952. The number of amides is 1. The van der Waals surface area contributed by atoms with Crippen LogP contribution in [0, 0.1) is 0 Å². The van der Waals surface area contributed by atoms with Gasteiger partial charge >= 0.3 is 0 Å². The Morgan fingerprint density at radius 2 is 1.80 bits per heavy atom. The smallest absolute Gasteiger partial charge is 0.262 e. The Kier molecular flexibility index (Phi) is 5.32. The quantitative estimate of drug-likeness (QED) is 0.651. The highest BCUT2D eigenvalue weighted by molar-refractivity contribution is 5.93. The molecule has 0 atom stereocenters. The maximum atomic E-state index is 12.2. The zero-order valence-corrected chi connectivity index (χ0v) is 13.8. The second-order valence-electron chi connectivity index (χ2n) is 5.44. The summed E-state index contributed by atoms with van der Waals surface area (Å²) >= 11 is 0. The summed E-state index contributed by atoms with van der Waals surface area (Å²) in [5, 5.41) is 4.87. The van der Waals surface area contributed by atoms with Gasteiger partial charge in [0.15, 0.2) is 6.61 Å². The van der Waals surface area contributed by atoms with Gasteiger partial charge in [-0.2, -0.15) is 0 Å². The number of carbonyl (C=O) groups excluding carboxylic acids is 1. The van der Waals surface area contributed by atoms with Gasteiger partial charge in [0.05, 0.1) is 0 Å². The number of nitrogens with one attached hydrogen (secondary N) is 1. The van der Waals surface area contributed by atoms with E-state index >= 15 is 0 Å². The predicted molar refractivity (Wildman–Crippen MR) is 100 cm³/mol. The predicted octanol–water partition coefficient (Wildman–Crippen LogP) is 4.42. The Morgan fingerprint density at radius 1 is 1.00 bits per heavy atom. The van der Waals surface area contributed by atoms with E-state index in [1.54, 1.807) is 18.2 Å². The second-order valence-corrected chi connectivity index (χ2v) is 5.44. The number of fused-ring (bicyclic) bond motifs is 1. The summed E-state index contributed by atoms with van der Waals surface area (Å²) in [7, 11) is 0. The zero-order chi connectivity index (χ0) is 17.5. The molecule has 126 valence electrons.